The molecular formula is C12H18N2O3. The summed E-state index contributed by atoms with van der Waals surface area (Å²) in [6.45, 7) is 4.87. The van der Waals surface area contributed by atoms with Gasteiger partial charge in [0, 0.05) is 12.6 Å². The minimum atomic E-state index is -0.439. The van der Waals surface area contributed by atoms with Crippen molar-refractivity contribution in [2.24, 2.45) is 11.7 Å². The van der Waals surface area contributed by atoms with Crippen LogP contribution in [-0.2, 0) is 6.54 Å². The zero-order chi connectivity index (χ0) is 12.8. The normalized spacial score (nSPS) is 12.2. The number of rotatable bonds is 6. The quantitative estimate of drug-likeness (QED) is 0.610. The van der Waals surface area contributed by atoms with Crippen LogP contribution >= 0.6 is 0 Å². The lowest BCUT2D eigenvalue weighted by Crippen LogP contribution is -2.09. The maximum atomic E-state index is 10.9. The molecule has 0 bridgehead atoms. The van der Waals surface area contributed by atoms with Gasteiger partial charge in [-0.3, -0.25) is 10.1 Å². The maximum Gasteiger partial charge on any atom is 0.311 e. The van der Waals surface area contributed by atoms with Gasteiger partial charge in [0.05, 0.1) is 11.5 Å². The highest BCUT2D eigenvalue weighted by Gasteiger charge is 2.16. The first-order valence-corrected chi connectivity index (χ1v) is 5.68. The van der Waals surface area contributed by atoms with E-state index in [0.29, 0.717) is 18.3 Å². The van der Waals surface area contributed by atoms with Gasteiger partial charge >= 0.3 is 5.69 Å². The van der Waals surface area contributed by atoms with E-state index in [2.05, 4.69) is 6.92 Å². The van der Waals surface area contributed by atoms with Crippen LogP contribution in [0.15, 0.2) is 18.2 Å². The van der Waals surface area contributed by atoms with Crippen LogP contribution in [0.3, 0.4) is 0 Å². The van der Waals surface area contributed by atoms with Crippen LogP contribution < -0.4 is 10.5 Å². The number of hydrogen-bond donors (Lipinski definition) is 1. The molecule has 0 saturated carbocycles. The van der Waals surface area contributed by atoms with Crippen molar-refractivity contribution < 1.29 is 9.66 Å². The molecule has 0 spiro atoms. The Morgan fingerprint density at radius 3 is 2.76 bits per heavy atom. The van der Waals surface area contributed by atoms with Crippen molar-refractivity contribution in [1.29, 1.82) is 0 Å². The molecule has 0 aliphatic carbocycles. The van der Waals surface area contributed by atoms with Crippen molar-refractivity contribution in [1.82, 2.24) is 0 Å². The minimum Gasteiger partial charge on any atom is -0.487 e. The number of nitro groups is 1. The van der Waals surface area contributed by atoms with Gasteiger partial charge in [0.2, 0.25) is 0 Å². The molecule has 1 rings (SSSR count). The summed E-state index contributed by atoms with van der Waals surface area (Å²) in [7, 11) is 0. The largest absolute Gasteiger partial charge is 0.487 e. The molecule has 0 radical (unpaired) electrons. The SMILES string of the molecule is CCC(C)COc1ccc(CN)cc1[N+](=O)[O-]. The second-order valence-corrected chi connectivity index (χ2v) is 4.09. The third-order valence-corrected chi connectivity index (χ3v) is 2.68. The minimum absolute atomic E-state index is 0.0174. The van der Waals surface area contributed by atoms with Gasteiger partial charge < -0.3 is 10.5 Å². The summed E-state index contributed by atoms with van der Waals surface area (Å²) in [6.07, 6.45) is 0.981. The van der Waals surface area contributed by atoms with E-state index in [-0.39, 0.29) is 12.2 Å². The first-order valence-electron chi connectivity index (χ1n) is 5.68. The van der Waals surface area contributed by atoms with Gasteiger partial charge in [0.1, 0.15) is 0 Å². The van der Waals surface area contributed by atoms with Crippen molar-refractivity contribution in [3.05, 3.63) is 33.9 Å². The number of nitrogens with two attached hydrogens (primary N) is 1. The van der Waals surface area contributed by atoms with Crippen molar-refractivity contribution in [3.63, 3.8) is 0 Å². The second kappa shape index (κ2) is 6.20. The van der Waals surface area contributed by atoms with E-state index in [1.807, 2.05) is 6.92 Å². The Morgan fingerprint density at radius 2 is 2.24 bits per heavy atom. The summed E-state index contributed by atoms with van der Waals surface area (Å²) in [6, 6.07) is 4.83. The lowest BCUT2D eigenvalue weighted by molar-refractivity contribution is -0.386. The molecule has 0 amide bonds. The van der Waals surface area contributed by atoms with Crippen molar-refractivity contribution in [2.75, 3.05) is 6.61 Å². The Labute approximate surface area is 101 Å². The van der Waals surface area contributed by atoms with Crippen LogP contribution in [0.5, 0.6) is 5.75 Å². The molecule has 1 unspecified atom stereocenters. The molecule has 1 aromatic rings. The summed E-state index contributed by atoms with van der Waals surface area (Å²) in [5.74, 6) is 0.691. The number of nitro benzene ring substituents is 1. The highest BCUT2D eigenvalue weighted by Crippen LogP contribution is 2.28. The molecular weight excluding hydrogens is 220 g/mol. The molecule has 1 atom stereocenters. The van der Waals surface area contributed by atoms with E-state index in [4.69, 9.17) is 10.5 Å². The lowest BCUT2D eigenvalue weighted by atomic mass is 10.1. The standard InChI is InChI=1S/C12H18N2O3/c1-3-9(2)8-17-12-5-4-10(7-13)6-11(12)14(15)16/h4-6,9H,3,7-8,13H2,1-2H3. The molecule has 17 heavy (non-hydrogen) atoms. The Morgan fingerprint density at radius 1 is 1.53 bits per heavy atom. The molecule has 1 aromatic carbocycles. The molecule has 0 aliphatic heterocycles. The van der Waals surface area contributed by atoms with Gasteiger partial charge in [-0.25, -0.2) is 0 Å². The van der Waals surface area contributed by atoms with E-state index in [1.54, 1.807) is 12.1 Å². The Hall–Kier alpha value is -1.62. The van der Waals surface area contributed by atoms with E-state index in [1.165, 1.54) is 6.07 Å². The number of nitrogens with zero attached hydrogens (tertiary/aromatic N) is 1. The zero-order valence-corrected chi connectivity index (χ0v) is 10.2. The molecule has 5 nitrogen and oxygen atoms in total. The first kappa shape index (κ1) is 13.4. The summed E-state index contributed by atoms with van der Waals surface area (Å²) in [5.41, 5.74) is 6.16. The van der Waals surface area contributed by atoms with Crippen LogP contribution in [0.2, 0.25) is 0 Å². The summed E-state index contributed by atoms with van der Waals surface area (Å²) in [4.78, 5) is 10.4. The number of ether oxygens (including phenoxy) is 1. The monoisotopic (exact) mass is 238 g/mol. The lowest BCUT2D eigenvalue weighted by Gasteiger charge is -2.11. The van der Waals surface area contributed by atoms with Gasteiger partial charge in [-0.2, -0.15) is 0 Å². The van der Waals surface area contributed by atoms with E-state index >= 15 is 0 Å². The van der Waals surface area contributed by atoms with Crippen LogP contribution in [0.1, 0.15) is 25.8 Å². The summed E-state index contributed by atoms with van der Waals surface area (Å²) >= 11 is 0. The highest BCUT2D eigenvalue weighted by atomic mass is 16.6. The topological polar surface area (TPSA) is 78.4 Å². The molecule has 2 N–H and O–H groups in total. The number of hydrogen-bond acceptors (Lipinski definition) is 4. The van der Waals surface area contributed by atoms with Gasteiger partial charge in [-0.05, 0) is 17.5 Å². The average molecular weight is 238 g/mol. The molecule has 94 valence electrons. The molecule has 0 heterocycles. The summed E-state index contributed by atoms with van der Waals surface area (Å²) < 4.78 is 5.47. The average Bonchev–Trinajstić information content (AvgIpc) is 2.35. The van der Waals surface area contributed by atoms with Gasteiger partial charge in [-0.15, -0.1) is 0 Å². The molecule has 5 heteroatoms. The van der Waals surface area contributed by atoms with Crippen LogP contribution in [0.25, 0.3) is 0 Å². The molecule has 0 fully saturated rings. The van der Waals surface area contributed by atoms with Gasteiger partial charge in [-0.1, -0.05) is 26.3 Å². The van der Waals surface area contributed by atoms with E-state index in [0.717, 1.165) is 12.0 Å². The summed E-state index contributed by atoms with van der Waals surface area (Å²) in [5, 5.41) is 10.9. The fourth-order valence-electron chi connectivity index (χ4n) is 1.30. The van der Waals surface area contributed by atoms with Crippen LogP contribution in [-0.4, -0.2) is 11.5 Å². The van der Waals surface area contributed by atoms with Crippen molar-refractivity contribution in [2.45, 2.75) is 26.8 Å². The molecule has 0 aromatic heterocycles. The highest BCUT2D eigenvalue weighted by molar-refractivity contribution is 5.48. The number of benzene rings is 1. The fraction of sp³-hybridized carbons (Fsp3) is 0.500. The third kappa shape index (κ3) is 3.71. The van der Waals surface area contributed by atoms with E-state index < -0.39 is 4.92 Å². The predicted molar refractivity (Wildman–Crippen MR) is 65.9 cm³/mol. The second-order valence-electron chi connectivity index (χ2n) is 4.09. The van der Waals surface area contributed by atoms with E-state index in [9.17, 15) is 10.1 Å². The molecule has 0 aliphatic rings. The first-order chi connectivity index (χ1) is 8.08. The Balaban J connectivity index is 2.87. The molecule has 0 saturated heterocycles. The van der Waals surface area contributed by atoms with Crippen molar-refractivity contribution >= 4 is 5.69 Å². The third-order valence-electron chi connectivity index (χ3n) is 2.68. The Bertz CT molecular complexity index is 393. The van der Waals surface area contributed by atoms with Crippen molar-refractivity contribution in [3.8, 4) is 5.75 Å². The van der Waals surface area contributed by atoms with Crippen LogP contribution in [0, 0.1) is 16.0 Å². The maximum absolute atomic E-state index is 10.9. The van der Waals surface area contributed by atoms with Gasteiger partial charge in [0.25, 0.3) is 0 Å². The Kier molecular flexibility index (Phi) is 4.90. The smallest absolute Gasteiger partial charge is 0.311 e. The fourth-order valence-corrected chi connectivity index (χ4v) is 1.30. The van der Waals surface area contributed by atoms with Gasteiger partial charge in [0.15, 0.2) is 5.75 Å². The van der Waals surface area contributed by atoms with Crippen LogP contribution in [0.4, 0.5) is 5.69 Å². The predicted octanol–water partition coefficient (Wildman–Crippen LogP) is 2.48. The zero-order valence-electron chi connectivity index (χ0n) is 10.2.